The molecule has 0 spiro atoms. The Bertz CT molecular complexity index is 2670. The number of thiophene rings is 2. The standard InChI is InChI=1S/C47H30N2S2/c1-3-7-44-40(5-1)42-29-35(15-23-46(42)50-44)32-11-19-38(20-12-32)49(37-17-9-31(10-18-37)34-25-27-48-28-26-34)39-21-13-33(14-22-39)36-16-24-47-43(30-36)41-6-2-4-8-45(41)51-47/h1-30H. The summed E-state index contributed by atoms with van der Waals surface area (Å²) >= 11 is 3.72. The van der Waals surface area contributed by atoms with Gasteiger partial charge in [0.05, 0.1) is 0 Å². The van der Waals surface area contributed by atoms with Gasteiger partial charge in [0.15, 0.2) is 0 Å². The Labute approximate surface area is 304 Å². The molecular weight excluding hydrogens is 657 g/mol. The summed E-state index contributed by atoms with van der Waals surface area (Å²) in [6.07, 6.45) is 3.69. The van der Waals surface area contributed by atoms with Crippen molar-refractivity contribution < 1.29 is 0 Å². The molecule has 0 N–H and O–H groups in total. The lowest BCUT2D eigenvalue weighted by Crippen LogP contribution is -2.09. The third-order valence-electron chi connectivity index (χ3n) is 9.81. The van der Waals surface area contributed by atoms with Gasteiger partial charge in [-0.2, -0.15) is 0 Å². The minimum atomic E-state index is 1.10. The summed E-state index contributed by atoms with van der Waals surface area (Å²) in [6.45, 7) is 0. The van der Waals surface area contributed by atoms with Crippen LogP contribution in [0.4, 0.5) is 17.1 Å². The van der Waals surface area contributed by atoms with Crippen molar-refractivity contribution in [1.82, 2.24) is 4.98 Å². The molecule has 3 aromatic heterocycles. The molecule has 51 heavy (non-hydrogen) atoms. The van der Waals surface area contributed by atoms with Crippen LogP contribution in [0.15, 0.2) is 182 Å². The zero-order chi connectivity index (χ0) is 33.7. The Morgan fingerprint density at radius 2 is 0.667 bits per heavy atom. The lowest BCUT2D eigenvalue weighted by molar-refractivity contribution is 1.28. The van der Waals surface area contributed by atoms with Gasteiger partial charge >= 0.3 is 0 Å². The van der Waals surface area contributed by atoms with Crippen LogP contribution in [0.3, 0.4) is 0 Å². The molecule has 0 aliphatic heterocycles. The molecule has 4 heteroatoms. The fourth-order valence-electron chi connectivity index (χ4n) is 7.21. The average molecular weight is 687 g/mol. The molecule has 7 aromatic carbocycles. The molecule has 0 radical (unpaired) electrons. The second-order valence-electron chi connectivity index (χ2n) is 12.8. The molecular formula is C47H30N2S2. The maximum Gasteiger partial charge on any atom is 0.0462 e. The average Bonchev–Trinajstić information content (AvgIpc) is 3.77. The topological polar surface area (TPSA) is 16.1 Å². The summed E-state index contributed by atoms with van der Waals surface area (Å²) in [5.74, 6) is 0. The van der Waals surface area contributed by atoms with Crippen molar-refractivity contribution in [2.45, 2.75) is 0 Å². The van der Waals surface area contributed by atoms with Crippen LogP contribution in [0, 0.1) is 0 Å². The minimum Gasteiger partial charge on any atom is -0.311 e. The Hall–Kier alpha value is -6.07. The second kappa shape index (κ2) is 12.4. The van der Waals surface area contributed by atoms with Gasteiger partial charge in [0.2, 0.25) is 0 Å². The van der Waals surface area contributed by atoms with Crippen LogP contribution >= 0.6 is 22.7 Å². The van der Waals surface area contributed by atoms with Crippen molar-refractivity contribution in [3.05, 3.63) is 182 Å². The van der Waals surface area contributed by atoms with Gasteiger partial charge in [0.25, 0.3) is 0 Å². The maximum absolute atomic E-state index is 4.20. The highest BCUT2D eigenvalue weighted by molar-refractivity contribution is 7.26. The second-order valence-corrected chi connectivity index (χ2v) is 15.0. The van der Waals surface area contributed by atoms with Crippen molar-refractivity contribution >= 4 is 80.1 Å². The largest absolute Gasteiger partial charge is 0.311 e. The van der Waals surface area contributed by atoms with E-state index in [2.05, 4.69) is 180 Å². The summed E-state index contributed by atoms with van der Waals surface area (Å²) in [7, 11) is 0. The molecule has 0 unspecified atom stereocenters. The molecule has 2 nitrogen and oxygen atoms in total. The summed E-state index contributed by atoms with van der Waals surface area (Å²) in [6, 6.07) is 62.0. The predicted octanol–water partition coefficient (Wildman–Crippen LogP) is 14.3. The van der Waals surface area contributed by atoms with Crippen LogP contribution in [0.2, 0.25) is 0 Å². The third kappa shape index (κ3) is 5.37. The number of nitrogens with zero attached hydrogens (tertiary/aromatic N) is 2. The summed E-state index contributed by atoms with van der Waals surface area (Å²) in [5, 5.41) is 5.29. The summed E-state index contributed by atoms with van der Waals surface area (Å²) < 4.78 is 5.31. The number of fused-ring (bicyclic) bond motifs is 6. The molecule has 240 valence electrons. The van der Waals surface area contributed by atoms with E-state index in [1.807, 2.05) is 35.1 Å². The molecule has 0 saturated carbocycles. The van der Waals surface area contributed by atoms with E-state index in [1.54, 1.807) is 0 Å². The van der Waals surface area contributed by atoms with E-state index in [0.29, 0.717) is 0 Å². The van der Waals surface area contributed by atoms with Crippen molar-refractivity contribution in [3.63, 3.8) is 0 Å². The molecule has 0 fully saturated rings. The van der Waals surface area contributed by atoms with E-state index in [0.717, 1.165) is 22.6 Å². The highest BCUT2D eigenvalue weighted by Gasteiger charge is 2.15. The van der Waals surface area contributed by atoms with E-state index >= 15 is 0 Å². The third-order valence-corrected chi connectivity index (χ3v) is 12.1. The highest BCUT2D eigenvalue weighted by Crippen LogP contribution is 2.41. The molecule has 3 heterocycles. The van der Waals surface area contributed by atoms with Gasteiger partial charge < -0.3 is 4.90 Å². The quantitative estimate of drug-likeness (QED) is 0.173. The van der Waals surface area contributed by atoms with Crippen LogP contribution in [-0.4, -0.2) is 4.98 Å². The van der Waals surface area contributed by atoms with Crippen molar-refractivity contribution in [2.75, 3.05) is 4.90 Å². The Morgan fingerprint density at radius 1 is 0.314 bits per heavy atom. The Morgan fingerprint density at radius 3 is 1.12 bits per heavy atom. The maximum atomic E-state index is 4.20. The smallest absolute Gasteiger partial charge is 0.0462 e. The molecule has 10 aromatic rings. The zero-order valence-corrected chi connectivity index (χ0v) is 29.2. The number of hydrogen-bond donors (Lipinski definition) is 0. The first-order chi connectivity index (χ1) is 25.2. The number of benzene rings is 7. The zero-order valence-electron chi connectivity index (χ0n) is 27.5. The van der Waals surface area contributed by atoms with E-state index < -0.39 is 0 Å². The monoisotopic (exact) mass is 686 g/mol. The number of pyridine rings is 1. The summed E-state index contributed by atoms with van der Waals surface area (Å²) in [5.41, 5.74) is 10.5. The molecule has 0 bridgehead atoms. The fourth-order valence-corrected chi connectivity index (χ4v) is 9.38. The summed E-state index contributed by atoms with van der Waals surface area (Å²) in [4.78, 5) is 6.54. The molecule has 0 atom stereocenters. The predicted molar refractivity (Wildman–Crippen MR) is 221 cm³/mol. The van der Waals surface area contributed by atoms with Crippen LogP contribution in [0.1, 0.15) is 0 Å². The Kier molecular flexibility index (Phi) is 7.23. The van der Waals surface area contributed by atoms with Crippen LogP contribution in [0.25, 0.3) is 73.7 Å². The lowest BCUT2D eigenvalue weighted by Gasteiger charge is -2.26. The van der Waals surface area contributed by atoms with Gasteiger partial charge in [0.1, 0.15) is 0 Å². The van der Waals surface area contributed by atoms with E-state index in [-0.39, 0.29) is 0 Å². The van der Waals surface area contributed by atoms with Crippen molar-refractivity contribution in [2.24, 2.45) is 0 Å². The molecule has 0 saturated heterocycles. The van der Waals surface area contributed by atoms with E-state index in [4.69, 9.17) is 0 Å². The molecule has 0 aliphatic carbocycles. The molecule has 0 aliphatic rings. The van der Waals surface area contributed by atoms with Gasteiger partial charge in [-0.15, -0.1) is 22.7 Å². The normalized spacial score (nSPS) is 11.5. The van der Waals surface area contributed by atoms with Gasteiger partial charge in [-0.25, -0.2) is 0 Å². The van der Waals surface area contributed by atoms with Gasteiger partial charge in [0, 0.05) is 69.8 Å². The number of anilines is 3. The first-order valence-corrected chi connectivity index (χ1v) is 18.7. The SMILES string of the molecule is c1ccc2c(c1)sc1ccc(-c3ccc(N(c4ccc(-c5ccncc5)cc4)c4ccc(-c5ccc6sc7ccccc7c6c5)cc4)cc3)cc12. The van der Waals surface area contributed by atoms with Crippen molar-refractivity contribution in [3.8, 4) is 33.4 Å². The Balaban J connectivity index is 1.02. The van der Waals surface area contributed by atoms with Crippen molar-refractivity contribution in [1.29, 1.82) is 0 Å². The van der Waals surface area contributed by atoms with Crippen LogP contribution < -0.4 is 4.90 Å². The number of rotatable bonds is 6. The molecule has 0 amide bonds. The van der Waals surface area contributed by atoms with Crippen LogP contribution in [0.5, 0.6) is 0 Å². The van der Waals surface area contributed by atoms with Gasteiger partial charge in [-0.1, -0.05) is 84.9 Å². The van der Waals surface area contributed by atoms with Gasteiger partial charge in [-0.05, 0) is 118 Å². The van der Waals surface area contributed by atoms with Crippen LogP contribution in [-0.2, 0) is 0 Å². The first-order valence-electron chi connectivity index (χ1n) is 17.1. The number of aromatic nitrogens is 1. The number of hydrogen-bond acceptors (Lipinski definition) is 4. The van der Waals surface area contributed by atoms with Gasteiger partial charge in [-0.3, -0.25) is 4.98 Å². The fraction of sp³-hybridized carbons (Fsp3) is 0. The van der Waals surface area contributed by atoms with E-state index in [9.17, 15) is 0 Å². The van der Waals surface area contributed by atoms with E-state index in [1.165, 1.54) is 68.2 Å². The minimum absolute atomic E-state index is 1.10. The highest BCUT2D eigenvalue weighted by atomic mass is 32.1. The first kappa shape index (κ1) is 29.8. The lowest BCUT2D eigenvalue weighted by atomic mass is 10.0. The molecule has 10 rings (SSSR count).